The van der Waals surface area contributed by atoms with E-state index >= 15 is 0 Å². The van der Waals surface area contributed by atoms with Crippen LogP contribution >= 0.6 is 0 Å². The number of benzene rings is 1. The molecule has 4 aliphatic rings. The highest BCUT2D eigenvalue weighted by atomic mass is 19.4. The number of halogens is 3. The lowest BCUT2D eigenvalue weighted by Gasteiger charge is -2.33. The molecule has 5 unspecified atom stereocenters. The van der Waals surface area contributed by atoms with Gasteiger partial charge in [-0.1, -0.05) is 13.0 Å². The van der Waals surface area contributed by atoms with Crippen LogP contribution < -0.4 is 0 Å². The molecule has 3 fully saturated rings. The lowest BCUT2D eigenvalue weighted by atomic mass is 9.73. The Morgan fingerprint density at radius 2 is 2.03 bits per heavy atom. The summed E-state index contributed by atoms with van der Waals surface area (Å²) in [5, 5.41) is 0. The minimum absolute atomic E-state index is 0.0473. The third-order valence-corrected chi connectivity index (χ3v) is 8.88. The van der Waals surface area contributed by atoms with E-state index in [1.807, 2.05) is 4.90 Å². The summed E-state index contributed by atoms with van der Waals surface area (Å²) in [6, 6.07) is 4.35. The molecule has 33 heavy (non-hydrogen) atoms. The van der Waals surface area contributed by atoms with Crippen LogP contribution in [0.2, 0.25) is 0 Å². The highest BCUT2D eigenvalue weighted by Gasteiger charge is 2.61. The van der Waals surface area contributed by atoms with E-state index in [4.69, 9.17) is 4.74 Å². The molecule has 1 aromatic rings. The largest absolute Gasteiger partial charge is 0.469 e. The van der Waals surface area contributed by atoms with Gasteiger partial charge in [-0.05, 0) is 73.7 Å². The molecule has 1 spiro atoms. The van der Waals surface area contributed by atoms with Crippen LogP contribution in [-0.4, -0.2) is 54.0 Å². The highest BCUT2D eigenvalue weighted by molar-refractivity contribution is 5.87. The van der Waals surface area contributed by atoms with Crippen LogP contribution in [0, 0.1) is 17.3 Å². The molecule has 5 nitrogen and oxygen atoms in total. The molecular weight excluding hydrogens is 433 g/mol. The van der Waals surface area contributed by atoms with Crippen molar-refractivity contribution < 1.29 is 27.5 Å². The Labute approximate surface area is 192 Å². The fourth-order valence-electron chi connectivity index (χ4n) is 6.95. The minimum Gasteiger partial charge on any atom is -0.469 e. The van der Waals surface area contributed by atoms with Gasteiger partial charge in [0.05, 0.1) is 18.1 Å². The van der Waals surface area contributed by atoms with Gasteiger partial charge >= 0.3 is 12.1 Å². The van der Waals surface area contributed by atoms with Gasteiger partial charge in [0.15, 0.2) is 0 Å². The molecule has 3 heterocycles. The maximum atomic E-state index is 13.7. The van der Waals surface area contributed by atoms with Crippen molar-refractivity contribution in [1.82, 2.24) is 9.80 Å². The normalized spacial score (nSPS) is 34.1. The van der Waals surface area contributed by atoms with Crippen LogP contribution in [0.4, 0.5) is 13.2 Å². The van der Waals surface area contributed by atoms with E-state index in [0.717, 1.165) is 50.4 Å². The Kier molecular flexibility index (Phi) is 5.50. The summed E-state index contributed by atoms with van der Waals surface area (Å²) in [5.74, 6) is 0.415. The zero-order valence-corrected chi connectivity index (χ0v) is 19.2. The van der Waals surface area contributed by atoms with Crippen molar-refractivity contribution in [2.75, 3.05) is 20.2 Å². The van der Waals surface area contributed by atoms with Crippen molar-refractivity contribution in [2.45, 2.75) is 70.3 Å². The third-order valence-electron chi connectivity index (χ3n) is 8.88. The summed E-state index contributed by atoms with van der Waals surface area (Å²) in [7, 11) is 1.42. The number of hydrogen-bond acceptors (Lipinski definition) is 4. The van der Waals surface area contributed by atoms with Crippen molar-refractivity contribution in [1.29, 1.82) is 0 Å². The molecular formula is C25H31F3N2O3. The van der Waals surface area contributed by atoms with Crippen LogP contribution in [0.1, 0.15) is 55.7 Å². The number of methoxy groups -OCH3 is 1. The van der Waals surface area contributed by atoms with E-state index in [1.165, 1.54) is 13.2 Å². The Morgan fingerprint density at radius 1 is 1.24 bits per heavy atom. The Morgan fingerprint density at radius 3 is 2.76 bits per heavy atom. The van der Waals surface area contributed by atoms with Crippen molar-refractivity contribution in [3.63, 3.8) is 0 Å². The van der Waals surface area contributed by atoms with E-state index in [2.05, 4.69) is 11.8 Å². The first-order valence-corrected chi connectivity index (χ1v) is 11.9. The van der Waals surface area contributed by atoms with Gasteiger partial charge in [0.1, 0.15) is 0 Å². The third kappa shape index (κ3) is 3.74. The second-order valence-electron chi connectivity index (χ2n) is 10.5. The average Bonchev–Trinajstić information content (AvgIpc) is 3.47. The number of carbonyl (C=O) groups excluding carboxylic acids is 2. The molecule has 0 bridgehead atoms. The van der Waals surface area contributed by atoms with Gasteiger partial charge in [-0.15, -0.1) is 0 Å². The second kappa shape index (κ2) is 8.00. The molecule has 1 amide bonds. The standard InChI is InChI=1S/C25H31F3N2O3/c1-15-21-11-17-3-4-19(25(26,27)28)10-18(17)14-30(21)23(32)24(15)7-5-20(12-24)29-8-6-16(13-29)9-22(31)33-2/h3-4,10,15-16,20-21H,5-9,11-14H2,1-2H3. The fraction of sp³-hybridized carbons (Fsp3) is 0.680. The smallest absolute Gasteiger partial charge is 0.416 e. The molecule has 5 atom stereocenters. The van der Waals surface area contributed by atoms with Gasteiger partial charge in [-0.25, -0.2) is 0 Å². The minimum atomic E-state index is -4.38. The van der Waals surface area contributed by atoms with Crippen molar-refractivity contribution in [3.8, 4) is 0 Å². The molecule has 5 rings (SSSR count). The Bertz CT molecular complexity index is 965. The second-order valence-corrected chi connectivity index (χ2v) is 10.5. The number of ether oxygens (including phenoxy) is 1. The number of alkyl halides is 3. The summed E-state index contributed by atoms with van der Waals surface area (Å²) in [4.78, 5) is 29.6. The van der Waals surface area contributed by atoms with Crippen LogP contribution in [0.15, 0.2) is 18.2 Å². The molecule has 1 aliphatic carbocycles. The van der Waals surface area contributed by atoms with E-state index in [-0.39, 0.29) is 30.4 Å². The average molecular weight is 465 g/mol. The number of hydrogen-bond donors (Lipinski definition) is 0. The van der Waals surface area contributed by atoms with Gasteiger partial charge in [-0.2, -0.15) is 13.2 Å². The number of carbonyl (C=O) groups is 2. The van der Waals surface area contributed by atoms with E-state index in [1.54, 1.807) is 6.07 Å². The zero-order valence-electron chi connectivity index (χ0n) is 19.2. The molecule has 0 radical (unpaired) electrons. The molecule has 0 N–H and O–H groups in total. The number of likely N-dealkylation sites (tertiary alicyclic amines) is 1. The summed E-state index contributed by atoms with van der Waals surface area (Å²) in [6.07, 6.45) is 0.226. The number of rotatable bonds is 3. The SMILES string of the molecule is COC(=O)CC1CCN(C2CCC3(C2)C(=O)N2Cc4cc(C(F)(F)F)ccc4CC2C3C)C1. The van der Waals surface area contributed by atoms with E-state index in [9.17, 15) is 22.8 Å². The summed E-state index contributed by atoms with van der Waals surface area (Å²) < 4.78 is 44.4. The van der Waals surface area contributed by atoms with Gasteiger partial charge in [0.25, 0.3) is 0 Å². The first-order valence-electron chi connectivity index (χ1n) is 11.9. The van der Waals surface area contributed by atoms with Gasteiger partial charge in [0, 0.05) is 31.6 Å². The monoisotopic (exact) mass is 464 g/mol. The Balaban J connectivity index is 1.31. The summed E-state index contributed by atoms with van der Waals surface area (Å²) >= 11 is 0. The molecule has 1 saturated carbocycles. The van der Waals surface area contributed by atoms with E-state index < -0.39 is 17.2 Å². The molecule has 2 saturated heterocycles. The van der Waals surface area contributed by atoms with Crippen molar-refractivity contribution >= 4 is 11.9 Å². The van der Waals surface area contributed by atoms with E-state index in [0.29, 0.717) is 30.4 Å². The molecule has 3 aliphatic heterocycles. The first kappa shape index (κ1) is 22.7. The Hall–Kier alpha value is -2.09. The van der Waals surface area contributed by atoms with Crippen LogP contribution in [0.25, 0.3) is 0 Å². The molecule has 8 heteroatoms. The maximum Gasteiger partial charge on any atom is 0.416 e. The quantitative estimate of drug-likeness (QED) is 0.634. The van der Waals surface area contributed by atoms with Gasteiger partial charge in [0.2, 0.25) is 5.91 Å². The predicted molar refractivity (Wildman–Crippen MR) is 115 cm³/mol. The zero-order chi connectivity index (χ0) is 23.5. The number of amides is 1. The van der Waals surface area contributed by atoms with Crippen LogP contribution in [0.3, 0.4) is 0 Å². The summed E-state index contributed by atoms with van der Waals surface area (Å²) in [5.41, 5.74) is 0.481. The van der Waals surface area contributed by atoms with Crippen molar-refractivity contribution in [3.05, 3.63) is 34.9 Å². The first-order chi connectivity index (χ1) is 15.6. The number of esters is 1. The topological polar surface area (TPSA) is 49.9 Å². The maximum absolute atomic E-state index is 13.7. The van der Waals surface area contributed by atoms with Crippen LogP contribution in [-0.2, 0) is 33.5 Å². The van der Waals surface area contributed by atoms with Crippen molar-refractivity contribution in [2.24, 2.45) is 17.3 Å². The molecule has 0 aromatic heterocycles. The lowest BCUT2D eigenvalue weighted by Crippen LogP contribution is -2.40. The number of nitrogens with zero attached hydrogens (tertiary/aromatic N) is 2. The van der Waals surface area contributed by atoms with Gasteiger partial charge < -0.3 is 14.5 Å². The van der Waals surface area contributed by atoms with Crippen LogP contribution in [0.5, 0.6) is 0 Å². The summed E-state index contributed by atoms with van der Waals surface area (Å²) in [6.45, 7) is 4.22. The molecule has 1 aromatic carbocycles. The molecule has 180 valence electrons. The highest BCUT2D eigenvalue weighted by Crippen LogP contribution is 2.55. The number of fused-ring (bicyclic) bond motifs is 2. The predicted octanol–water partition coefficient (Wildman–Crippen LogP) is 4.03. The lowest BCUT2D eigenvalue weighted by molar-refractivity contribution is -0.141. The van der Waals surface area contributed by atoms with Gasteiger partial charge in [-0.3, -0.25) is 9.59 Å². The fourth-order valence-corrected chi connectivity index (χ4v) is 6.95.